The number of nitrogens with one attached hydrogen (secondary N) is 1. The summed E-state index contributed by atoms with van der Waals surface area (Å²) < 4.78 is 0. The molecule has 0 bridgehead atoms. The van der Waals surface area contributed by atoms with Crippen LogP contribution in [-0.4, -0.2) is 48.4 Å². The molecule has 2 fully saturated rings. The molecule has 1 saturated carbocycles. The molecule has 0 aromatic heterocycles. The SMILES string of the molecule is CNCc1cccc(C2CCN(C(=O)c3cccc(CC4CCCC(O)C(C=O)C4)c3)CC2)c1. The molecule has 3 atom stereocenters. The molecule has 1 heterocycles. The van der Waals surface area contributed by atoms with Crippen molar-refractivity contribution in [1.29, 1.82) is 0 Å². The predicted octanol–water partition coefficient (Wildman–Crippen LogP) is 4.33. The molecular weight excluding hydrogens is 424 g/mol. The van der Waals surface area contributed by atoms with Crippen molar-refractivity contribution < 1.29 is 14.7 Å². The molecule has 1 aliphatic carbocycles. The molecule has 0 radical (unpaired) electrons. The van der Waals surface area contributed by atoms with Gasteiger partial charge >= 0.3 is 0 Å². The molecule has 3 unspecified atom stereocenters. The van der Waals surface area contributed by atoms with Crippen LogP contribution in [0.2, 0.25) is 0 Å². The van der Waals surface area contributed by atoms with Crippen LogP contribution >= 0.6 is 0 Å². The third-order valence-electron chi connectivity index (χ3n) is 7.67. The Labute approximate surface area is 203 Å². The summed E-state index contributed by atoms with van der Waals surface area (Å²) in [5.41, 5.74) is 4.59. The Balaban J connectivity index is 1.35. The van der Waals surface area contributed by atoms with E-state index in [9.17, 15) is 14.7 Å². The Bertz CT molecular complexity index is 967. The fourth-order valence-corrected chi connectivity index (χ4v) is 5.75. The van der Waals surface area contributed by atoms with E-state index in [0.29, 0.717) is 18.3 Å². The molecule has 4 rings (SSSR count). The lowest BCUT2D eigenvalue weighted by atomic mass is 9.87. The van der Waals surface area contributed by atoms with Gasteiger partial charge in [0.25, 0.3) is 5.91 Å². The van der Waals surface area contributed by atoms with Gasteiger partial charge in [-0.15, -0.1) is 0 Å². The standard InChI is InChI=1S/C29H38N2O3/c1-30-19-23-7-3-8-25(18-23)24-11-13-31(14-12-24)29(34)26-9-2-5-21(16-26)15-22-6-4-10-28(33)27(17-22)20-32/h2-3,5,7-9,16,18,20,22,24,27-28,30,33H,4,6,10-15,17,19H2,1H3. The van der Waals surface area contributed by atoms with Gasteiger partial charge in [0.1, 0.15) is 6.29 Å². The molecule has 0 spiro atoms. The summed E-state index contributed by atoms with van der Waals surface area (Å²) in [5, 5.41) is 13.4. The fraction of sp³-hybridized carbons (Fsp3) is 0.517. The van der Waals surface area contributed by atoms with Crippen molar-refractivity contribution >= 4 is 12.2 Å². The molecule has 2 aromatic carbocycles. The van der Waals surface area contributed by atoms with Crippen LogP contribution < -0.4 is 5.32 Å². The lowest BCUT2D eigenvalue weighted by Crippen LogP contribution is -2.38. The lowest BCUT2D eigenvalue weighted by Gasteiger charge is -2.32. The minimum atomic E-state index is -0.510. The average molecular weight is 463 g/mol. The Kier molecular flexibility index (Phi) is 8.52. The van der Waals surface area contributed by atoms with Crippen molar-refractivity contribution in [3.8, 4) is 0 Å². The van der Waals surface area contributed by atoms with Crippen LogP contribution in [0.25, 0.3) is 0 Å². The van der Waals surface area contributed by atoms with Crippen LogP contribution in [0.5, 0.6) is 0 Å². The van der Waals surface area contributed by atoms with Crippen LogP contribution in [0.15, 0.2) is 48.5 Å². The van der Waals surface area contributed by atoms with E-state index in [1.54, 1.807) is 0 Å². The molecule has 2 aliphatic rings. The number of likely N-dealkylation sites (tertiary alicyclic amines) is 1. The van der Waals surface area contributed by atoms with Crippen LogP contribution in [-0.2, 0) is 17.8 Å². The third kappa shape index (κ3) is 6.13. The zero-order valence-electron chi connectivity index (χ0n) is 20.3. The summed E-state index contributed by atoms with van der Waals surface area (Å²) >= 11 is 0. The highest BCUT2D eigenvalue weighted by Gasteiger charge is 2.28. The normalized spacial score (nSPS) is 23.9. The maximum atomic E-state index is 13.3. The van der Waals surface area contributed by atoms with Gasteiger partial charge in [-0.1, -0.05) is 49.2 Å². The van der Waals surface area contributed by atoms with Crippen LogP contribution in [0, 0.1) is 11.8 Å². The number of nitrogens with zero attached hydrogens (tertiary/aromatic N) is 1. The van der Waals surface area contributed by atoms with Crippen molar-refractivity contribution in [2.75, 3.05) is 20.1 Å². The van der Waals surface area contributed by atoms with Gasteiger partial charge < -0.3 is 20.1 Å². The number of amides is 1. The van der Waals surface area contributed by atoms with Gasteiger partial charge in [0.05, 0.1) is 6.10 Å². The van der Waals surface area contributed by atoms with Crippen molar-refractivity contribution in [1.82, 2.24) is 10.2 Å². The number of hydrogen-bond donors (Lipinski definition) is 2. The molecule has 2 aromatic rings. The molecule has 5 nitrogen and oxygen atoms in total. The maximum absolute atomic E-state index is 13.3. The summed E-state index contributed by atoms with van der Waals surface area (Å²) in [5.74, 6) is 0.722. The first-order valence-corrected chi connectivity index (χ1v) is 12.8. The Morgan fingerprint density at radius 1 is 1.06 bits per heavy atom. The zero-order valence-corrected chi connectivity index (χ0v) is 20.3. The summed E-state index contributed by atoms with van der Waals surface area (Å²) in [6.45, 7) is 2.44. The van der Waals surface area contributed by atoms with Crippen LogP contribution in [0.3, 0.4) is 0 Å². The van der Waals surface area contributed by atoms with E-state index in [1.807, 2.05) is 30.1 Å². The molecule has 1 saturated heterocycles. The Morgan fingerprint density at radius 2 is 1.82 bits per heavy atom. The van der Waals surface area contributed by atoms with Crippen molar-refractivity contribution in [3.63, 3.8) is 0 Å². The van der Waals surface area contributed by atoms with Crippen LogP contribution in [0.1, 0.15) is 71.5 Å². The molecule has 34 heavy (non-hydrogen) atoms. The Hall–Kier alpha value is -2.50. The van der Waals surface area contributed by atoms with Crippen LogP contribution in [0.4, 0.5) is 0 Å². The second-order valence-corrected chi connectivity index (χ2v) is 10.1. The third-order valence-corrected chi connectivity index (χ3v) is 7.67. The number of aliphatic hydroxyl groups excluding tert-OH is 1. The number of hydrogen-bond acceptors (Lipinski definition) is 4. The minimum absolute atomic E-state index is 0.117. The summed E-state index contributed by atoms with van der Waals surface area (Å²) in [6, 6.07) is 16.8. The quantitative estimate of drug-likeness (QED) is 0.475. The van der Waals surface area contributed by atoms with Gasteiger partial charge in [0, 0.05) is 31.1 Å². The number of rotatable bonds is 7. The summed E-state index contributed by atoms with van der Waals surface area (Å²) in [4.78, 5) is 26.6. The molecule has 5 heteroatoms. The molecule has 2 N–H and O–H groups in total. The number of benzene rings is 2. The summed E-state index contributed by atoms with van der Waals surface area (Å²) in [6.07, 6.45) is 6.64. The zero-order chi connectivity index (χ0) is 23.9. The summed E-state index contributed by atoms with van der Waals surface area (Å²) in [7, 11) is 1.97. The lowest BCUT2D eigenvalue weighted by molar-refractivity contribution is -0.114. The second kappa shape index (κ2) is 11.8. The fourth-order valence-electron chi connectivity index (χ4n) is 5.75. The van der Waals surface area contributed by atoms with Gasteiger partial charge in [-0.25, -0.2) is 0 Å². The second-order valence-electron chi connectivity index (χ2n) is 10.1. The largest absolute Gasteiger partial charge is 0.392 e. The first-order chi connectivity index (χ1) is 16.6. The smallest absolute Gasteiger partial charge is 0.253 e. The van der Waals surface area contributed by atoms with E-state index in [4.69, 9.17) is 0 Å². The highest BCUT2D eigenvalue weighted by molar-refractivity contribution is 5.94. The molecule has 1 amide bonds. The average Bonchev–Trinajstić information content (AvgIpc) is 3.04. The predicted molar refractivity (Wildman–Crippen MR) is 135 cm³/mol. The molecular formula is C29H38N2O3. The molecule has 182 valence electrons. The number of aldehydes is 1. The van der Waals surface area contributed by atoms with Gasteiger partial charge in [-0.2, -0.15) is 0 Å². The van der Waals surface area contributed by atoms with Gasteiger partial charge in [-0.3, -0.25) is 4.79 Å². The highest BCUT2D eigenvalue weighted by Crippen LogP contribution is 2.31. The number of piperidine rings is 1. The van der Waals surface area contributed by atoms with E-state index in [2.05, 4.69) is 35.6 Å². The molecule has 1 aliphatic heterocycles. The van der Waals surface area contributed by atoms with Gasteiger partial charge in [0.15, 0.2) is 0 Å². The van der Waals surface area contributed by atoms with E-state index in [-0.39, 0.29) is 11.8 Å². The number of aliphatic hydroxyl groups is 1. The minimum Gasteiger partial charge on any atom is -0.392 e. The number of carbonyl (C=O) groups is 2. The van der Waals surface area contributed by atoms with Gasteiger partial charge in [-0.05, 0) is 79.8 Å². The number of carbonyl (C=O) groups excluding carboxylic acids is 2. The topological polar surface area (TPSA) is 69.6 Å². The van der Waals surface area contributed by atoms with Crippen molar-refractivity contribution in [2.45, 2.75) is 63.5 Å². The highest BCUT2D eigenvalue weighted by atomic mass is 16.3. The van der Waals surface area contributed by atoms with E-state index in [0.717, 1.165) is 75.6 Å². The van der Waals surface area contributed by atoms with E-state index < -0.39 is 6.10 Å². The maximum Gasteiger partial charge on any atom is 0.253 e. The van der Waals surface area contributed by atoms with E-state index >= 15 is 0 Å². The first kappa shape index (κ1) is 24.6. The first-order valence-electron chi connectivity index (χ1n) is 12.8. The van der Waals surface area contributed by atoms with Crippen molar-refractivity contribution in [3.05, 3.63) is 70.8 Å². The monoisotopic (exact) mass is 462 g/mol. The van der Waals surface area contributed by atoms with Gasteiger partial charge in [0.2, 0.25) is 0 Å². The van der Waals surface area contributed by atoms with Crippen molar-refractivity contribution in [2.24, 2.45) is 11.8 Å². The Morgan fingerprint density at radius 3 is 2.59 bits per heavy atom. The van der Waals surface area contributed by atoms with E-state index in [1.165, 1.54) is 11.1 Å².